The third-order valence-corrected chi connectivity index (χ3v) is 4.03. The molecule has 0 saturated heterocycles. The van der Waals surface area contributed by atoms with E-state index in [2.05, 4.69) is 9.97 Å². The minimum absolute atomic E-state index is 0.160. The van der Waals surface area contributed by atoms with Crippen LogP contribution in [0.1, 0.15) is 11.4 Å². The molecule has 92 valence electrons. The Hall–Kier alpha value is -1.75. The molecule has 1 N–H and O–H groups in total. The second-order valence-electron chi connectivity index (χ2n) is 4.49. The Morgan fingerprint density at radius 2 is 2.33 bits per heavy atom. The number of aliphatic carboxylic acids is 1. The van der Waals surface area contributed by atoms with Gasteiger partial charge in [-0.3, -0.25) is 9.78 Å². The highest BCUT2D eigenvalue weighted by molar-refractivity contribution is 7.09. The summed E-state index contributed by atoms with van der Waals surface area (Å²) in [5, 5.41) is 11.8. The van der Waals surface area contributed by atoms with Crippen LogP contribution in [-0.4, -0.2) is 21.0 Å². The van der Waals surface area contributed by atoms with Crippen molar-refractivity contribution in [1.82, 2.24) is 9.97 Å². The first-order valence-electron chi connectivity index (χ1n) is 5.82. The molecule has 2 aromatic rings. The summed E-state index contributed by atoms with van der Waals surface area (Å²) in [6.07, 6.45) is 3.30. The van der Waals surface area contributed by atoms with Gasteiger partial charge in [-0.05, 0) is 24.5 Å². The van der Waals surface area contributed by atoms with Crippen LogP contribution in [0.15, 0.2) is 29.8 Å². The summed E-state index contributed by atoms with van der Waals surface area (Å²) in [6, 6.07) is 5.73. The van der Waals surface area contributed by atoms with Crippen LogP contribution >= 0.6 is 11.3 Å². The summed E-state index contributed by atoms with van der Waals surface area (Å²) in [5.74, 6) is -0.570. The van der Waals surface area contributed by atoms with Gasteiger partial charge in [0.1, 0.15) is 0 Å². The van der Waals surface area contributed by atoms with Gasteiger partial charge in [0, 0.05) is 18.0 Å². The number of nitrogens with zero attached hydrogens (tertiary/aromatic N) is 2. The van der Waals surface area contributed by atoms with Gasteiger partial charge in [0.05, 0.1) is 22.3 Å². The van der Waals surface area contributed by atoms with Crippen molar-refractivity contribution in [1.29, 1.82) is 0 Å². The van der Waals surface area contributed by atoms with Crippen molar-refractivity contribution in [2.75, 3.05) is 0 Å². The average molecular weight is 260 g/mol. The van der Waals surface area contributed by atoms with Crippen LogP contribution in [0.5, 0.6) is 0 Å². The Morgan fingerprint density at radius 3 is 3.00 bits per heavy atom. The zero-order valence-electron chi connectivity index (χ0n) is 9.61. The molecular weight excluding hydrogens is 248 g/mol. The normalized spacial score (nSPS) is 21.8. The van der Waals surface area contributed by atoms with Crippen LogP contribution in [0.2, 0.25) is 0 Å². The van der Waals surface area contributed by atoms with Crippen LogP contribution in [0, 0.1) is 11.8 Å². The zero-order chi connectivity index (χ0) is 12.5. The number of hydrogen-bond acceptors (Lipinski definition) is 4. The molecule has 0 amide bonds. The molecule has 3 rings (SSSR count). The van der Waals surface area contributed by atoms with Gasteiger partial charge in [-0.1, -0.05) is 6.07 Å². The van der Waals surface area contributed by atoms with Gasteiger partial charge >= 0.3 is 5.97 Å². The molecule has 2 heterocycles. The van der Waals surface area contributed by atoms with Gasteiger partial charge in [-0.15, -0.1) is 11.3 Å². The number of carboxylic acids is 1. The fourth-order valence-electron chi connectivity index (χ4n) is 2.04. The molecule has 1 aliphatic carbocycles. The van der Waals surface area contributed by atoms with Crippen molar-refractivity contribution in [3.05, 3.63) is 34.8 Å². The third-order valence-electron chi connectivity index (χ3n) is 3.16. The number of hydrogen-bond donors (Lipinski definition) is 1. The minimum Gasteiger partial charge on any atom is -0.481 e. The van der Waals surface area contributed by atoms with Crippen molar-refractivity contribution in [2.45, 2.75) is 12.8 Å². The molecule has 0 aromatic carbocycles. The standard InChI is InChI=1S/C13H12N2O2S/c16-13(17)9-5-8(9)6-12-15-11(7-18-12)10-3-1-2-4-14-10/h1-4,7-9H,5-6H2,(H,16,17). The van der Waals surface area contributed by atoms with E-state index in [0.29, 0.717) is 0 Å². The number of carbonyl (C=O) groups is 1. The number of thiazole rings is 1. The Bertz CT molecular complexity index is 567. The van der Waals surface area contributed by atoms with Crippen LogP contribution in [0.25, 0.3) is 11.4 Å². The molecule has 4 nitrogen and oxygen atoms in total. The summed E-state index contributed by atoms with van der Waals surface area (Å²) >= 11 is 1.58. The van der Waals surface area contributed by atoms with Gasteiger partial charge in [0.2, 0.25) is 0 Å². The van der Waals surface area contributed by atoms with Crippen molar-refractivity contribution in [3.8, 4) is 11.4 Å². The first kappa shape index (κ1) is 11.3. The molecule has 5 heteroatoms. The summed E-state index contributed by atoms with van der Waals surface area (Å²) in [7, 11) is 0. The molecule has 1 aliphatic rings. The lowest BCUT2D eigenvalue weighted by atomic mass is 10.2. The Labute approximate surface area is 108 Å². The smallest absolute Gasteiger partial charge is 0.306 e. The molecule has 1 saturated carbocycles. The van der Waals surface area contributed by atoms with Gasteiger partial charge in [-0.2, -0.15) is 0 Å². The van der Waals surface area contributed by atoms with E-state index in [0.717, 1.165) is 29.2 Å². The summed E-state index contributed by atoms with van der Waals surface area (Å²) in [6.45, 7) is 0. The second kappa shape index (κ2) is 4.49. The highest BCUT2D eigenvalue weighted by atomic mass is 32.1. The van der Waals surface area contributed by atoms with Crippen molar-refractivity contribution in [2.24, 2.45) is 11.8 Å². The van der Waals surface area contributed by atoms with Gasteiger partial charge in [0.15, 0.2) is 0 Å². The second-order valence-corrected chi connectivity index (χ2v) is 5.43. The molecule has 2 atom stereocenters. The zero-order valence-corrected chi connectivity index (χ0v) is 10.4. The number of carboxylic acid groups (broad SMARTS) is 1. The SMILES string of the molecule is O=C(O)C1CC1Cc1nc(-c2ccccn2)cs1. The molecule has 0 radical (unpaired) electrons. The highest BCUT2D eigenvalue weighted by Gasteiger charge is 2.43. The fourth-order valence-corrected chi connectivity index (χ4v) is 2.92. The van der Waals surface area contributed by atoms with E-state index in [9.17, 15) is 4.79 Å². The summed E-state index contributed by atoms with van der Waals surface area (Å²) < 4.78 is 0. The topological polar surface area (TPSA) is 63.1 Å². The predicted molar refractivity (Wildman–Crippen MR) is 68.3 cm³/mol. The minimum atomic E-state index is -0.679. The molecule has 2 unspecified atom stereocenters. The van der Waals surface area contributed by atoms with Gasteiger partial charge < -0.3 is 5.11 Å². The molecular formula is C13H12N2O2S. The Balaban J connectivity index is 1.70. The van der Waals surface area contributed by atoms with E-state index in [1.807, 2.05) is 23.6 Å². The molecule has 0 aliphatic heterocycles. The van der Waals surface area contributed by atoms with Gasteiger partial charge in [-0.25, -0.2) is 4.98 Å². The number of aromatic nitrogens is 2. The lowest BCUT2D eigenvalue weighted by Gasteiger charge is -1.94. The van der Waals surface area contributed by atoms with E-state index in [1.54, 1.807) is 17.5 Å². The first-order chi connectivity index (χ1) is 8.74. The summed E-state index contributed by atoms with van der Waals surface area (Å²) in [5.41, 5.74) is 1.74. The van der Waals surface area contributed by atoms with Crippen LogP contribution in [0.3, 0.4) is 0 Å². The van der Waals surface area contributed by atoms with Crippen LogP contribution < -0.4 is 0 Å². The van der Waals surface area contributed by atoms with Crippen molar-refractivity contribution in [3.63, 3.8) is 0 Å². The van der Waals surface area contributed by atoms with Crippen LogP contribution in [-0.2, 0) is 11.2 Å². The van der Waals surface area contributed by atoms with Crippen molar-refractivity contribution < 1.29 is 9.90 Å². The summed E-state index contributed by atoms with van der Waals surface area (Å²) in [4.78, 5) is 19.5. The maximum atomic E-state index is 10.8. The molecule has 1 fully saturated rings. The van der Waals surface area contributed by atoms with E-state index >= 15 is 0 Å². The Morgan fingerprint density at radius 1 is 1.44 bits per heavy atom. The average Bonchev–Trinajstić information content (AvgIpc) is 2.99. The van der Waals surface area contributed by atoms with E-state index < -0.39 is 5.97 Å². The first-order valence-corrected chi connectivity index (χ1v) is 6.70. The number of rotatable bonds is 4. The van der Waals surface area contributed by atoms with Crippen molar-refractivity contribution >= 4 is 17.3 Å². The van der Waals surface area contributed by atoms with Gasteiger partial charge in [0.25, 0.3) is 0 Å². The molecule has 18 heavy (non-hydrogen) atoms. The Kier molecular flexibility index (Phi) is 2.83. The predicted octanol–water partition coefficient (Wildman–Crippen LogP) is 2.47. The molecule has 2 aromatic heterocycles. The van der Waals surface area contributed by atoms with E-state index in [4.69, 9.17) is 5.11 Å². The fraction of sp³-hybridized carbons (Fsp3) is 0.308. The van der Waals surface area contributed by atoms with Crippen LogP contribution in [0.4, 0.5) is 0 Å². The molecule has 0 bridgehead atoms. The van der Waals surface area contributed by atoms with E-state index in [-0.39, 0.29) is 11.8 Å². The third kappa shape index (κ3) is 2.26. The maximum Gasteiger partial charge on any atom is 0.306 e. The molecule has 0 spiro atoms. The largest absolute Gasteiger partial charge is 0.481 e. The van der Waals surface area contributed by atoms with E-state index in [1.165, 1.54) is 0 Å². The highest BCUT2D eigenvalue weighted by Crippen LogP contribution is 2.41. The lowest BCUT2D eigenvalue weighted by Crippen LogP contribution is -2.00. The quantitative estimate of drug-likeness (QED) is 0.917. The monoisotopic (exact) mass is 260 g/mol. The number of pyridine rings is 1. The lowest BCUT2D eigenvalue weighted by molar-refractivity contribution is -0.138. The maximum absolute atomic E-state index is 10.8.